The molecule has 2 aliphatic carbocycles. The van der Waals surface area contributed by atoms with Crippen molar-refractivity contribution in [3.63, 3.8) is 0 Å². The number of carbonyl (C=O) groups excluding carboxylic acids is 2. The minimum absolute atomic E-state index is 0.0784. The van der Waals surface area contributed by atoms with E-state index >= 15 is 0 Å². The van der Waals surface area contributed by atoms with Crippen LogP contribution in [0.15, 0.2) is 24.8 Å². The van der Waals surface area contributed by atoms with Crippen LogP contribution in [-0.2, 0) is 9.59 Å². The Balaban J connectivity index is 2.06. The van der Waals surface area contributed by atoms with E-state index in [0.29, 0.717) is 0 Å². The predicted octanol–water partition coefficient (Wildman–Crippen LogP) is 1.03. The Hall–Kier alpha value is -1.38. The van der Waals surface area contributed by atoms with Crippen molar-refractivity contribution in [2.24, 2.45) is 23.2 Å². The molecule has 3 heteroatoms. The van der Waals surface area contributed by atoms with Gasteiger partial charge in [-0.3, -0.25) is 14.9 Å². The molecule has 1 saturated carbocycles. The van der Waals surface area contributed by atoms with E-state index in [4.69, 9.17) is 0 Å². The minimum Gasteiger partial charge on any atom is -0.296 e. The zero-order valence-corrected chi connectivity index (χ0v) is 8.40. The Morgan fingerprint density at radius 2 is 2.33 bits per heavy atom. The van der Waals surface area contributed by atoms with Crippen molar-refractivity contribution >= 4 is 11.8 Å². The van der Waals surface area contributed by atoms with Gasteiger partial charge in [-0.15, -0.1) is 6.58 Å². The molecule has 0 radical (unpaired) electrons. The first-order valence-corrected chi connectivity index (χ1v) is 5.33. The van der Waals surface area contributed by atoms with Gasteiger partial charge in [0.25, 0.3) is 0 Å². The molecule has 1 saturated heterocycles. The summed E-state index contributed by atoms with van der Waals surface area (Å²) in [5.41, 5.74) is -0.118. The molecule has 4 unspecified atom stereocenters. The zero-order valence-electron chi connectivity index (χ0n) is 8.40. The third-order valence-electron chi connectivity index (χ3n) is 4.09. The Morgan fingerprint density at radius 3 is 3.07 bits per heavy atom. The second kappa shape index (κ2) is 2.60. The van der Waals surface area contributed by atoms with Gasteiger partial charge >= 0.3 is 0 Å². The molecule has 0 aromatic heterocycles. The van der Waals surface area contributed by atoms with Crippen LogP contribution >= 0.6 is 0 Å². The van der Waals surface area contributed by atoms with Gasteiger partial charge in [0.15, 0.2) is 0 Å². The van der Waals surface area contributed by atoms with Crippen molar-refractivity contribution in [1.82, 2.24) is 5.32 Å². The maximum absolute atomic E-state index is 11.7. The minimum atomic E-state index is -0.141. The molecule has 3 aliphatic rings. The van der Waals surface area contributed by atoms with Gasteiger partial charge in [-0.2, -0.15) is 0 Å². The SMILES string of the molecule is C=CCC12C=CC(C1)C1C(=O)NC(=O)C12. The number of amides is 2. The van der Waals surface area contributed by atoms with Gasteiger partial charge in [0.2, 0.25) is 11.8 Å². The third-order valence-corrected chi connectivity index (χ3v) is 4.09. The van der Waals surface area contributed by atoms with Crippen LogP contribution in [0, 0.1) is 23.2 Å². The van der Waals surface area contributed by atoms with Crippen LogP contribution in [0.25, 0.3) is 0 Å². The van der Waals surface area contributed by atoms with Crippen molar-refractivity contribution in [2.75, 3.05) is 0 Å². The smallest absolute Gasteiger partial charge is 0.231 e. The van der Waals surface area contributed by atoms with Gasteiger partial charge in [0.1, 0.15) is 0 Å². The van der Waals surface area contributed by atoms with Crippen LogP contribution in [-0.4, -0.2) is 11.8 Å². The average Bonchev–Trinajstić information content (AvgIpc) is 2.79. The van der Waals surface area contributed by atoms with Crippen molar-refractivity contribution in [2.45, 2.75) is 12.8 Å². The summed E-state index contributed by atoms with van der Waals surface area (Å²) in [6, 6.07) is 0. The van der Waals surface area contributed by atoms with Gasteiger partial charge in [-0.1, -0.05) is 18.2 Å². The third kappa shape index (κ3) is 0.907. The van der Waals surface area contributed by atoms with Gasteiger partial charge in [-0.25, -0.2) is 0 Å². The monoisotopic (exact) mass is 203 g/mol. The number of carbonyl (C=O) groups is 2. The molecule has 3 nitrogen and oxygen atoms in total. The van der Waals surface area contributed by atoms with E-state index in [2.05, 4.69) is 24.0 Å². The fourth-order valence-electron chi connectivity index (χ4n) is 3.57. The van der Waals surface area contributed by atoms with Crippen molar-refractivity contribution in [3.8, 4) is 0 Å². The number of hydrogen-bond donors (Lipinski definition) is 1. The van der Waals surface area contributed by atoms with Gasteiger partial charge in [-0.05, 0) is 18.8 Å². The van der Waals surface area contributed by atoms with Gasteiger partial charge < -0.3 is 0 Å². The summed E-state index contributed by atoms with van der Waals surface area (Å²) < 4.78 is 0. The second-order valence-corrected chi connectivity index (χ2v) is 4.81. The van der Waals surface area contributed by atoms with E-state index in [1.165, 1.54) is 0 Å². The maximum atomic E-state index is 11.7. The Bertz CT molecular complexity index is 398. The van der Waals surface area contributed by atoms with E-state index in [9.17, 15) is 9.59 Å². The molecule has 2 fully saturated rings. The molecule has 78 valence electrons. The summed E-state index contributed by atoms with van der Waals surface area (Å²) in [4.78, 5) is 23.3. The fourth-order valence-corrected chi connectivity index (χ4v) is 3.57. The summed E-state index contributed by atoms with van der Waals surface area (Å²) >= 11 is 0. The standard InChI is InChI=1S/C12H13NO2/c1-2-4-12-5-3-7(6-12)8-9(12)11(15)13-10(8)14/h2-3,5,7-9H,1,4,6H2,(H,13,14,15). The first-order chi connectivity index (χ1) is 7.18. The Morgan fingerprint density at radius 1 is 1.53 bits per heavy atom. The first-order valence-electron chi connectivity index (χ1n) is 5.33. The number of allylic oxidation sites excluding steroid dienone is 3. The fraction of sp³-hybridized carbons (Fsp3) is 0.500. The first kappa shape index (κ1) is 8.89. The summed E-state index contributed by atoms with van der Waals surface area (Å²) in [6.07, 6.45) is 7.81. The largest absolute Gasteiger partial charge is 0.296 e. The number of hydrogen-bond acceptors (Lipinski definition) is 2. The van der Waals surface area contributed by atoms with Crippen molar-refractivity contribution < 1.29 is 9.59 Å². The molecule has 0 aromatic rings. The van der Waals surface area contributed by atoms with Gasteiger partial charge in [0.05, 0.1) is 11.8 Å². The van der Waals surface area contributed by atoms with Crippen LogP contribution in [0.3, 0.4) is 0 Å². The molecule has 1 aliphatic heterocycles. The predicted molar refractivity (Wildman–Crippen MR) is 54.6 cm³/mol. The highest BCUT2D eigenvalue weighted by Gasteiger charge is 2.62. The lowest BCUT2D eigenvalue weighted by atomic mass is 9.73. The molecule has 4 atom stereocenters. The molecular formula is C12H13NO2. The van der Waals surface area contributed by atoms with E-state index in [1.807, 2.05) is 6.08 Å². The summed E-state index contributed by atoms with van der Waals surface area (Å²) in [5.74, 6) is -0.147. The molecule has 1 N–H and O–H groups in total. The highest BCUT2D eigenvalue weighted by molar-refractivity contribution is 6.06. The van der Waals surface area contributed by atoms with Crippen LogP contribution in [0.2, 0.25) is 0 Å². The molecule has 1 heterocycles. The quantitative estimate of drug-likeness (QED) is 0.538. The Labute approximate surface area is 88.2 Å². The van der Waals surface area contributed by atoms with Crippen LogP contribution in [0.4, 0.5) is 0 Å². The highest BCUT2D eigenvalue weighted by atomic mass is 16.2. The normalized spacial score (nSPS) is 45.7. The van der Waals surface area contributed by atoms with Gasteiger partial charge in [0, 0.05) is 5.41 Å². The highest BCUT2D eigenvalue weighted by Crippen LogP contribution is 2.60. The molecule has 0 aromatic carbocycles. The number of imide groups is 1. The lowest BCUT2D eigenvalue weighted by molar-refractivity contribution is -0.127. The maximum Gasteiger partial charge on any atom is 0.231 e. The van der Waals surface area contributed by atoms with Crippen molar-refractivity contribution in [1.29, 1.82) is 0 Å². The summed E-state index contributed by atoms with van der Waals surface area (Å²) in [5, 5.41) is 2.45. The molecule has 0 spiro atoms. The second-order valence-electron chi connectivity index (χ2n) is 4.81. The van der Waals surface area contributed by atoms with E-state index in [1.54, 1.807) is 0 Å². The average molecular weight is 203 g/mol. The lowest BCUT2D eigenvalue weighted by Gasteiger charge is -2.28. The summed E-state index contributed by atoms with van der Waals surface area (Å²) in [6.45, 7) is 3.74. The number of nitrogens with one attached hydrogen (secondary N) is 1. The molecule has 3 rings (SSSR count). The molecule has 15 heavy (non-hydrogen) atoms. The van der Waals surface area contributed by atoms with E-state index < -0.39 is 0 Å². The Kier molecular flexibility index (Phi) is 1.54. The van der Waals surface area contributed by atoms with E-state index in [0.717, 1.165) is 12.8 Å². The topological polar surface area (TPSA) is 46.2 Å². The molecule has 2 bridgehead atoms. The van der Waals surface area contributed by atoms with Crippen molar-refractivity contribution in [3.05, 3.63) is 24.8 Å². The number of rotatable bonds is 2. The molecular weight excluding hydrogens is 190 g/mol. The van der Waals surface area contributed by atoms with Crippen LogP contribution in [0.1, 0.15) is 12.8 Å². The van der Waals surface area contributed by atoms with Crippen LogP contribution < -0.4 is 5.32 Å². The van der Waals surface area contributed by atoms with Crippen LogP contribution in [0.5, 0.6) is 0 Å². The zero-order chi connectivity index (χ0) is 10.6. The summed E-state index contributed by atoms with van der Waals surface area (Å²) in [7, 11) is 0. The van der Waals surface area contributed by atoms with E-state index in [-0.39, 0.29) is 35.0 Å². The lowest BCUT2D eigenvalue weighted by Crippen LogP contribution is -2.32. The molecule has 2 amide bonds. The number of fused-ring (bicyclic) bond motifs is 5.